The van der Waals surface area contributed by atoms with E-state index in [9.17, 15) is 29.1 Å². The largest absolute Gasteiger partial charge is 0.480 e. The van der Waals surface area contributed by atoms with Crippen LogP contribution < -0.4 is 27.4 Å². The van der Waals surface area contributed by atoms with E-state index in [4.69, 9.17) is 11.5 Å². The summed E-state index contributed by atoms with van der Waals surface area (Å²) in [5.41, 5.74) is 10.7. The number of aliphatic carboxylic acids is 1. The highest BCUT2D eigenvalue weighted by Gasteiger charge is 2.33. The molecule has 0 aliphatic heterocycles. The number of carboxylic acids is 1. The number of amides is 4. The van der Waals surface area contributed by atoms with Gasteiger partial charge in [0.15, 0.2) is 0 Å². The number of nitrogens with two attached hydrogens (primary N) is 2. The van der Waals surface area contributed by atoms with Crippen molar-refractivity contribution in [2.75, 3.05) is 0 Å². The lowest BCUT2D eigenvalue weighted by atomic mass is 9.96. The lowest BCUT2D eigenvalue weighted by molar-refractivity contribution is -0.144. The first-order valence-electron chi connectivity index (χ1n) is 10.5. The minimum atomic E-state index is -1.20. The van der Waals surface area contributed by atoms with Crippen molar-refractivity contribution in [2.45, 2.75) is 84.5 Å². The number of carbonyl (C=O) groups excluding carboxylic acids is 4. The van der Waals surface area contributed by atoms with Crippen molar-refractivity contribution in [3.05, 3.63) is 0 Å². The van der Waals surface area contributed by atoms with Crippen LogP contribution in [0.4, 0.5) is 0 Å². The molecule has 178 valence electrons. The highest BCUT2D eigenvalue weighted by Crippen LogP contribution is 2.11. The standard InChI is InChI=1S/C20H37N5O6/c1-6-10(3)15(24-17(27)12(5)21)19(29)23-13(8-9-14(22)26)18(28)25-16(20(30)31)11(4)7-2/h10-13,15-16H,6-9,21H2,1-5H3,(H2,22,26)(H,23,29)(H,24,27)(H,25,28)(H,30,31). The van der Waals surface area contributed by atoms with E-state index < -0.39 is 53.8 Å². The molecule has 0 heterocycles. The number of carbonyl (C=O) groups is 5. The molecule has 0 aliphatic rings. The molecule has 0 bridgehead atoms. The second kappa shape index (κ2) is 13.6. The Labute approximate surface area is 183 Å². The van der Waals surface area contributed by atoms with Gasteiger partial charge in [-0.25, -0.2) is 4.79 Å². The van der Waals surface area contributed by atoms with Crippen LogP contribution >= 0.6 is 0 Å². The molecule has 31 heavy (non-hydrogen) atoms. The van der Waals surface area contributed by atoms with Crippen LogP contribution in [0.2, 0.25) is 0 Å². The van der Waals surface area contributed by atoms with Gasteiger partial charge in [0, 0.05) is 6.42 Å². The Kier molecular flexibility index (Phi) is 12.4. The Hall–Kier alpha value is -2.69. The smallest absolute Gasteiger partial charge is 0.326 e. The molecule has 0 spiro atoms. The Balaban J connectivity index is 5.60. The molecular weight excluding hydrogens is 406 g/mol. The van der Waals surface area contributed by atoms with Gasteiger partial charge in [-0.1, -0.05) is 40.5 Å². The number of hydrogen-bond donors (Lipinski definition) is 6. The number of carboxylic acid groups (broad SMARTS) is 1. The van der Waals surface area contributed by atoms with E-state index in [1.54, 1.807) is 20.8 Å². The molecule has 0 aromatic carbocycles. The highest BCUT2D eigenvalue weighted by atomic mass is 16.4. The van der Waals surface area contributed by atoms with Crippen LogP contribution in [0, 0.1) is 11.8 Å². The van der Waals surface area contributed by atoms with Gasteiger partial charge in [-0.05, 0) is 25.2 Å². The van der Waals surface area contributed by atoms with Crippen LogP contribution in [-0.2, 0) is 24.0 Å². The molecule has 4 amide bonds. The molecule has 0 aromatic heterocycles. The molecule has 0 saturated carbocycles. The fraction of sp³-hybridized carbons (Fsp3) is 0.750. The predicted octanol–water partition coefficient (Wildman–Crippen LogP) is -0.770. The van der Waals surface area contributed by atoms with Gasteiger partial charge in [-0.2, -0.15) is 0 Å². The van der Waals surface area contributed by atoms with Gasteiger partial charge >= 0.3 is 5.97 Å². The summed E-state index contributed by atoms with van der Waals surface area (Å²) in [5.74, 6) is -4.41. The summed E-state index contributed by atoms with van der Waals surface area (Å²) in [6.07, 6.45) is 0.757. The first-order chi connectivity index (χ1) is 14.3. The van der Waals surface area contributed by atoms with Crippen molar-refractivity contribution in [3.63, 3.8) is 0 Å². The highest BCUT2D eigenvalue weighted by molar-refractivity contribution is 5.94. The SMILES string of the molecule is CCC(C)C(NC(=O)C(CCC(N)=O)NC(=O)C(NC(=O)C(C)N)C(C)CC)C(=O)O. The third-order valence-electron chi connectivity index (χ3n) is 5.30. The Morgan fingerprint density at radius 3 is 1.71 bits per heavy atom. The molecular formula is C20H37N5O6. The minimum absolute atomic E-state index is 0.117. The number of rotatable bonds is 14. The van der Waals surface area contributed by atoms with Crippen LogP contribution in [0.5, 0.6) is 0 Å². The normalized spacial score (nSPS) is 16.7. The second-order valence-corrected chi connectivity index (χ2v) is 7.94. The molecule has 0 radical (unpaired) electrons. The molecule has 8 N–H and O–H groups in total. The summed E-state index contributed by atoms with van der Waals surface area (Å²) in [4.78, 5) is 60.4. The third kappa shape index (κ3) is 9.77. The topological polar surface area (TPSA) is 194 Å². The van der Waals surface area contributed by atoms with Gasteiger partial charge in [0.1, 0.15) is 18.1 Å². The summed E-state index contributed by atoms with van der Waals surface area (Å²) in [6.45, 7) is 8.54. The minimum Gasteiger partial charge on any atom is -0.480 e. The fourth-order valence-corrected chi connectivity index (χ4v) is 2.74. The monoisotopic (exact) mass is 443 g/mol. The maximum Gasteiger partial charge on any atom is 0.326 e. The number of primary amides is 1. The van der Waals surface area contributed by atoms with Crippen molar-refractivity contribution < 1.29 is 29.1 Å². The van der Waals surface area contributed by atoms with E-state index in [1.807, 2.05) is 6.92 Å². The Morgan fingerprint density at radius 2 is 1.29 bits per heavy atom. The van der Waals surface area contributed by atoms with E-state index in [0.717, 1.165) is 0 Å². The van der Waals surface area contributed by atoms with Gasteiger partial charge in [0.25, 0.3) is 0 Å². The van der Waals surface area contributed by atoms with Crippen molar-refractivity contribution in [1.82, 2.24) is 16.0 Å². The molecule has 0 saturated heterocycles. The molecule has 0 fully saturated rings. The van der Waals surface area contributed by atoms with Crippen LogP contribution in [0.25, 0.3) is 0 Å². The summed E-state index contributed by atoms with van der Waals surface area (Å²) in [5, 5.41) is 16.9. The van der Waals surface area contributed by atoms with Crippen molar-refractivity contribution >= 4 is 29.6 Å². The summed E-state index contributed by atoms with van der Waals surface area (Å²) < 4.78 is 0. The zero-order valence-electron chi connectivity index (χ0n) is 18.9. The first-order valence-corrected chi connectivity index (χ1v) is 10.5. The zero-order valence-corrected chi connectivity index (χ0v) is 18.9. The third-order valence-corrected chi connectivity index (χ3v) is 5.30. The van der Waals surface area contributed by atoms with Crippen LogP contribution in [0.3, 0.4) is 0 Å². The number of nitrogens with one attached hydrogen (secondary N) is 3. The van der Waals surface area contributed by atoms with Gasteiger partial charge in [-0.15, -0.1) is 0 Å². The quantitative estimate of drug-likeness (QED) is 0.203. The molecule has 11 heteroatoms. The van der Waals surface area contributed by atoms with Crippen LogP contribution in [-0.4, -0.2) is 58.9 Å². The van der Waals surface area contributed by atoms with Crippen molar-refractivity contribution in [3.8, 4) is 0 Å². The maximum absolute atomic E-state index is 12.9. The van der Waals surface area contributed by atoms with Crippen LogP contribution in [0.15, 0.2) is 0 Å². The average molecular weight is 444 g/mol. The Bertz CT molecular complexity index is 654. The zero-order chi connectivity index (χ0) is 24.3. The molecule has 6 atom stereocenters. The lowest BCUT2D eigenvalue weighted by Crippen LogP contribution is -2.59. The molecule has 0 aromatic rings. The molecule has 0 rings (SSSR count). The van der Waals surface area contributed by atoms with Crippen LogP contribution in [0.1, 0.15) is 60.3 Å². The Morgan fingerprint density at radius 1 is 0.806 bits per heavy atom. The summed E-state index contributed by atoms with van der Waals surface area (Å²) in [6, 6.07) is -4.16. The van der Waals surface area contributed by atoms with Gasteiger partial charge < -0.3 is 32.5 Å². The number of hydrogen-bond acceptors (Lipinski definition) is 6. The second-order valence-electron chi connectivity index (χ2n) is 7.94. The maximum atomic E-state index is 12.9. The van der Waals surface area contributed by atoms with E-state index in [1.165, 1.54) is 6.92 Å². The molecule has 0 aliphatic carbocycles. The van der Waals surface area contributed by atoms with Gasteiger partial charge in [0.05, 0.1) is 6.04 Å². The molecule has 11 nitrogen and oxygen atoms in total. The van der Waals surface area contributed by atoms with E-state index in [-0.39, 0.29) is 24.7 Å². The van der Waals surface area contributed by atoms with E-state index >= 15 is 0 Å². The fourth-order valence-electron chi connectivity index (χ4n) is 2.74. The van der Waals surface area contributed by atoms with E-state index in [0.29, 0.717) is 12.8 Å². The van der Waals surface area contributed by atoms with Crippen molar-refractivity contribution in [1.29, 1.82) is 0 Å². The summed E-state index contributed by atoms with van der Waals surface area (Å²) in [7, 11) is 0. The van der Waals surface area contributed by atoms with Gasteiger partial charge in [0.2, 0.25) is 23.6 Å². The summed E-state index contributed by atoms with van der Waals surface area (Å²) >= 11 is 0. The molecule has 6 unspecified atom stereocenters. The average Bonchev–Trinajstić information content (AvgIpc) is 2.70. The lowest BCUT2D eigenvalue weighted by Gasteiger charge is -2.28. The first kappa shape index (κ1) is 28.3. The van der Waals surface area contributed by atoms with Crippen molar-refractivity contribution in [2.24, 2.45) is 23.3 Å². The van der Waals surface area contributed by atoms with E-state index in [2.05, 4.69) is 16.0 Å². The van der Waals surface area contributed by atoms with Gasteiger partial charge in [-0.3, -0.25) is 19.2 Å². The predicted molar refractivity (Wildman–Crippen MR) is 114 cm³/mol.